The van der Waals surface area contributed by atoms with Gasteiger partial charge in [-0.15, -0.1) is 0 Å². The van der Waals surface area contributed by atoms with Crippen molar-refractivity contribution in [3.05, 3.63) is 60.2 Å². The van der Waals surface area contributed by atoms with Crippen LogP contribution in [0.1, 0.15) is 17.3 Å². The minimum Gasteiger partial charge on any atom is -0.369 e. The second-order valence-electron chi connectivity index (χ2n) is 8.02. The summed E-state index contributed by atoms with van der Waals surface area (Å²) < 4.78 is 0. The Hall–Kier alpha value is -2.37. The quantitative estimate of drug-likeness (QED) is 0.747. The van der Waals surface area contributed by atoms with Gasteiger partial charge in [0, 0.05) is 69.3 Å². The Kier molecular flexibility index (Phi) is 7.67. The fourth-order valence-corrected chi connectivity index (χ4v) is 3.68. The Morgan fingerprint density at radius 3 is 1.45 bits per heavy atom. The van der Waals surface area contributed by atoms with Crippen LogP contribution in [0.4, 0.5) is 11.4 Å². The van der Waals surface area contributed by atoms with Crippen LogP contribution in [-0.2, 0) is 0 Å². The van der Waals surface area contributed by atoms with Crippen molar-refractivity contribution in [2.45, 2.75) is 6.92 Å². The third-order valence-corrected chi connectivity index (χ3v) is 5.77. The van der Waals surface area contributed by atoms with E-state index in [-0.39, 0.29) is 5.78 Å². The zero-order chi connectivity index (χ0) is 20.6. The molecule has 0 bridgehead atoms. The van der Waals surface area contributed by atoms with E-state index in [0.29, 0.717) is 0 Å². The van der Waals surface area contributed by atoms with Crippen LogP contribution in [0.2, 0.25) is 0 Å². The van der Waals surface area contributed by atoms with Crippen LogP contribution in [0.25, 0.3) is 0 Å². The molecular weight excluding hydrogens is 360 g/mol. The maximum absolute atomic E-state index is 11.2. The fraction of sp³-hybridized carbons (Fsp3) is 0.458. The van der Waals surface area contributed by atoms with Gasteiger partial charge in [-0.05, 0) is 57.4 Å². The smallest absolute Gasteiger partial charge is 0.159 e. The Bertz CT molecular complexity index is 746. The second-order valence-corrected chi connectivity index (χ2v) is 8.02. The van der Waals surface area contributed by atoms with Crippen LogP contribution >= 0.6 is 0 Å². The Labute approximate surface area is 175 Å². The lowest BCUT2D eigenvalue weighted by atomic mass is 10.1. The molecule has 2 aromatic rings. The Balaban J connectivity index is 0.000000169. The van der Waals surface area contributed by atoms with Gasteiger partial charge < -0.3 is 19.6 Å². The molecule has 2 aliphatic heterocycles. The summed E-state index contributed by atoms with van der Waals surface area (Å²) in [6, 6.07) is 18.6. The van der Waals surface area contributed by atoms with Crippen LogP contribution in [0.15, 0.2) is 54.6 Å². The van der Waals surface area contributed by atoms with Crippen LogP contribution < -0.4 is 9.80 Å². The lowest BCUT2D eigenvalue weighted by Gasteiger charge is -2.34. The standard InChI is InChI=1S/C13H18N2O.C11H16N2/c1-11(16)12-3-5-13(6-4-12)15-9-7-14(2)8-10-15;1-12-7-9-13(10-8-12)11-5-3-2-4-6-11/h3-6H,7-10H2,1-2H3;2-6H,7-10H2,1H3. The van der Waals surface area contributed by atoms with Crippen LogP contribution in [0.3, 0.4) is 0 Å². The predicted octanol–water partition coefficient (Wildman–Crippen LogP) is 3.08. The van der Waals surface area contributed by atoms with Gasteiger partial charge in [0.1, 0.15) is 0 Å². The number of carbonyl (C=O) groups is 1. The average molecular weight is 395 g/mol. The molecule has 2 aliphatic rings. The number of likely N-dealkylation sites (N-methyl/N-ethyl adjacent to an activating group) is 2. The zero-order valence-electron chi connectivity index (χ0n) is 18.1. The van der Waals surface area contributed by atoms with Gasteiger partial charge in [-0.2, -0.15) is 0 Å². The highest BCUT2D eigenvalue weighted by molar-refractivity contribution is 5.94. The van der Waals surface area contributed by atoms with E-state index in [1.807, 2.05) is 24.3 Å². The van der Waals surface area contributed by atoms with E-state index >= 15 is 0 Å². The second kappa shape index (κ2) is 10.4. The Morgan fingerprint density at radius 1 is 0.621 bits per heavy atom. The predicted molar refractivity (Wildman–Crippen MR) is 122 cm³/mol. The van der Waals surface area contributed by atoms with Crippen LogP contribution in [-0.4, -0.2) is 82.0 Å². The van der Waals surface area contributed by atoms with Crippen molar-refractivity contribution in [2.24, 2.45) is 0 Å². The van der Waals surface area contributed by atoms with Crippen molar-refractivity contribution >= 4 is 17.2 Å². The third-order valence-electron chi connectivity index (χ3n) is 5.77. The first-order valence-corrected chi connectivity index (χ1v) is 10.6. The molecule has 0 atom stereocenters. The molecule has 5 nitrogen and oxygen atoms in total. The number of nitrogens with zero attached hydrogens (tertiary/aromatic N) is 4. The largest absolute Gasteiger partial charge is 0.369 e. The third kappa shape index (κ3) is 6.31. The van der Waals surface area contributed by atoms with Crippen molar-refractivity contribution in [2.75, 3.05) is 76.3 Å². The highest BCUT2D eigenvalue weighted by Gasteiger charge is 2.14. The van der Waals surface area contributed by atoms with Gasteiger partial charge in [-0.25, -0.2) is 0 Å². The van der Waals surface area contributed by atoms with Crippen LogP contribution in [0.5, 0.6) is 0 Å². The van der Waals surface area contributed by atoms with Gasteiger partial charge in [0.05, 0.1) is 0 Å². The molecule has 0 aromatic heterocycles. The van der Waals surface area contributed by atoms with E-state index in [4.69, 9.17) is 0 Å². The molecule has 2 aromatic carbocycles. The summed E-state index contributed by atoms with van der Waals surface area (Å²) in [4.78, 5) is 20.7. The molecule has 2 heterocycles. The molecule has 0 saturated carbocycles. The number of carbonyl (C=O) groups excluding carboxylic acids is 1. The van der Waals surface area contributed by atoms with Crippen LogP contribution in [0, 0.1) is 0 Å². The van der Waals surface area contributed by atoms with E-state index in [1.165, 1.54) is 24.5 Å². The molecule has 0 spiro atoms. The van der Waals surface area contributed by atoms with Crippen molar-refractivity contribution in [3.8, 4) is 0 Å². The van der Waals surface area contributed by atoms with Gasteiger partial charge in [-0.3, -0.25) is 4.79 Å². The summed E-state index contributed by atoms with van der Waals surface area (Å²) in [5.41, 5.74) is 3.37. The molecular formula is C24H34N4O. The lowest BCUT2D eigenvalue weighted by Crippen LogP contribution is -2.44. The van der Waals surface area contributed by atoms with Crippen molar-refractivity contribution in [1.29, 1.82) is 0 Å². The SMILES string of the molecule is CC(=O)c1ccc(N2CCN(C)CC2)cc1.CN1CCN(c2ccccc2)CC1. The molecule has 0 unspecified atom stereocenters. The fourth-order valence-electron chi connectivity index (χ4n) is 3.68. The number of rotatable bonds is 3. The lowest BCUT2D eigenvalue weighted by molar-refractivity contribution is 0.101. The van der Waals surface area contributed by atoms with Crippen molar-refractivity contribution in [3.63, 3.8) is 0 Å². The summed E-state index contributed by atoms with van der Waals surface area (Å²) >= 11 is 0. The van der Waals surface area contributed by atoms with E-state index in [2.05, 4.69) is 64.0 Å². The number of anilines is 2. The molecule has 5 heteroatoms. The van der Waals surface area contributed by atoms with Gasteiger partial charge in [-0.1, -0.05) is 18.2 Å². The summed E-state index contributed by atoms with van der Waals surface area (Å²) in [6.07, 6.45) is 0. The number of hydrogen-bond acceptors (Lipinski definition) is 5. The highest BCUT2D eigenvalue weighted by Crippen LogP contribution is 2.17. The summed E-state index contributed by atoms with van der Waals surface area (Å²) in [6.45, 7) is 10.6. The van der Waals surface area contributed by atoms with Gasteiger partial charge in [0.25, 0.3) is 0 Å². The van der Waals surface area contributed by atoms with Crippen molar-refractivity contribution < 1.29 is 4.79 Å². The van der Waals surface area contributed by atoms with Gasteiger partial charge >= 0.3 is 0 Å². The normalized spacial score (nSPS) is 18.2. The molecule has 0 N–H and O–H groups in total. The molecule has 156 valence electrons. The first-order valence-electron chi connectivity index (χ1n) is 10.6. The average Bonchev–Trinajstić information content (AvgIpc) is 2.76. The first kappa shape index (κ1) is 21.3. The zero-order valence-corrected chi connectivity index (χ0v) is 18.1. The highest BCUT2D eigenvalue weighted by atomic mass is 16.1. The molecule has 0 aliphatic carbocycles. The Morgan fingerprint density at radius 2 is 1.03 bits per heavy atom. The summed E-state index contributed by atoms with van der Waals surface area (Å²) in [5.74, 6) is 0.130. The van der Waals surface area contributed by atoms with E-state index in [0.717, 1.165) is 44.8 Å². The minimum absolute atomic E-state index is 0.130. The number of benzene rings is 2. The topological polar surface area (TPSA) is 30.0 Å². The van der Waals surface area contributed by atoms with Gasteiger partial charge in [0.2, 0.25) is 0 Å². The molecule has 0 radical (unpaired) electrons. The molecule has 2 fully saturated rings. The summed E-state index contributed by atoms with van der Waals surface area (Å²) in [7, 11) is 4.33. The number of ketones is 1. The summed E-state index contributed by atoms with van der Waals surface area (Å²) in [5, 5.41) is 0. The number of piperazine rings is 2. The first-order chi connectivity index (χ1) is 14.0. The molecule has 4 rings (SSSR count). The number of hydrogen-bond donors (Lipinski definition) is 0. The van der Waals surface area contributed by atoms with E-state index < -0.39 is 0 Å². The number of Topliss-reactive ketones (excluding diaryl/α,β-unsaturated/α-hetero) is 1. The van der Waals surface area contributed by atoms with Crippen molar-refractivity contribution in [1.82, 2.24) is 9.80 Å². The maximum atomic E-state index is 11.2. The van der Waals surface area contributed by atoms with E-state index in [9.17, 15) is 4.79 Å². The number of para-hydroxylation sites is 1. The molecule has 29 heavy (non-hydrogen) atoms. The van der Waals surface area contributed by atoms with Gasteiger partial charge in [0.15, 0.2) is 5.78 Å². The van der Waals surface area contributed by atoms with E-state index in [1.54, 1.807) is 6.92 Å². The molecule has 0 amide bonds. The monoisotopic (exact) mass is 394 g/mol. The molecule has 2 saturated heterocycles. The maximum Gasteiger partial charge on any atom is 0.159 e. The minimum atomic E-state index is 0.130.